The van der Waals surface area contributed by atoms with E-state index in [0.29, 0.717) is 0 Å². The number of hydrogen-bond donors (Lipinski definition) is 0. The molecule has 0 aliphatic carbocycles. The monoisotopic (exact) mass is 200 g/mol. The largest absolute Gasteiger partial charge is 0.378 e. The normalized spacial score (nSPS) is 27.6. The Labute approximate surface area is 88.0 Å². The fourth-order valence-electron chi connectivity index (χ4n) is 1.55. The average molecular weight is 200 g/mol. The number of epoxide rings is 1. The Hall–Kier alpha value is -0.0800. The van der Waals surface area contributed by atoms with Crippen molar-refractivity contribution < 1.29 is 9.47 Å². The highest BCUT2D eigenvalue weighted by molar-refractivity contribution is 4.86. The highest BCUT2D eigenvalue weighted by Crippen LogP contribution is 2.26. The van der Waals surface area contributed by atoms with Crippen molar-refractivity contribution >= 4 is 0 Å². The summed E-state index contributed by atoms with van der Waals surface area (Å²) in [6, 6.07) is 0. The van der Waals surface area contributed by atoms with Crippen molar-refractivity contribution in [2.24, 2.45) is 5.92 Å². The number of unbranched alkanes of at least 4 members (excludes halogenated alkanes) is 1. The van der Waals surface area contributed by atoms with Crippen LogP contribution in [0, 0.1) is 5.92 Å². The van der Waals surface area contributed by atoms with E-state index in [-0.39, 0.29) is 5.60 Å². The molecule has 1 saturated heterocycles. The van der Waals surface area contributed by atoms with E-state index in [0.717, 1.165) is 25.7 Å². The zero-order chi connectivity index (χ0) is 10.4. The lowest BCUT2D eigenvalue weighted by atomic mass is 10.0. The minimum Gasteiger partial charge on any atom is -0.378 e. The maximum atomic E-state index is 5.69. The highest BCUT2D eigenvalue weighted by atomic mass is 16.6. The van der Waals surface area contributed by atoms with Gasteiger partial charge in [-0.2, -0.15) is 0 Å². The second kappa shape index (κ2) is 5.72. The van der Waals surface area contributed by atoms with E-state index >= 15 is 0 Å². The van der Waals surface area contributed by atoms with Crippen molar-refractivity contribution in [1.29, 1.82) is 0 Å². The van der Waals surface area contributed by atoms with Gasteiger partial charge in [-0.15, -0.1) is 0 Å². The van der Waals surface area contributed by atoms with Crippen LogP contribution in [-0.4, -0.2) is 25.4 Å². The van der Waals surface area contributed by atoms with Crippen LogP contribution in [0.25, 0.3) is 0 Å². The first-order chi connectivity index (χ1) is 6.70. The van der Waals surface area contributed by atoms with Gasteiger partial charge in [0, 0.05) is 6.61 Å². The molecule has 14 heavy (non-hydrogen) atoms. The van der Waals surface area contributed by atoms with Crippen LogP contribution in [0.5, 0.6) is 0 Å². The molecule has 0 spiro atoms. The Balaban J connectivity index is 2.01. The smallest absolute Gasteiger partial charge is 0.112 e. The molecule has 0 aromatic carbocycles. The van der Waals surface area contributed by atoms with Gasteiger partial charge in [0.1, 0.15) is 5.60 Å². The molecule has 1 heterocycles. The molecule has 0 aromatic rings. The Bertz CT molecular complexity index is 152. The Morgan fingerprint density at radius 2 is 2.14 bits per heavy atom. The number of rotatable bonds is 8. The van der Waals surface area contributed by atoms with E-state index in [1.165, 1.54) is 25.7 Å². The zero-order valence-corrected chi connectivity index (χ0v) is 9.84. The molecule has 0 N–H and O–H groups in total. The van der Waals surface area contributed by atoms with Crippen molar-refractivity contribution in [3.05, 3.63) is 0 Å². The summed E-state index contributed by atoms with van der Waals surface area (Å²) in [5, 5.41) is 0. The van der Waals surface area contributed by atoms with Crippen LogP contribution in [0.1, 0.15) is 46.5 Å². The van der Waals surface area contributed by atoms with E-state index in [1.54, 1.807) is 0 Å². The quantitative estimate of drug-likeness (QED) is 0.562. The topological polar surface area (TPSA) is 21.8 Å². The fourth-order valence-corrected chi connectivity index (χ4v) is 1.55. The molecule has 0 saturated carbocycles. The minimum absolute atomic E-state index is 0.0586. The molecule has 0 aromatic heterocycles. The first-order valence-corrected chi connectivity index (χ1v) is 5.92. The summed E-state index contributed by atoms with van der Waals surface area (Å²) in [6.45, 7) is 9.16. The summed E-state index contributed by atoms with van der Waals surface area (Å²) in [6.07, 6.45) is 5.16. The molecule has 2 unspecified atom stereocenters. The minimum atomic E-state index is 0.0586. The van der Waals surface area contributed by atoms with Crippen LogP contribution in [0.2, 0.25) is 0 Å². The summed E-state index contributed by atoms with van der Waals surface area (Å²) < 4.78 is 11.0. The van der Waals surface area contributed by atoms with Crippen LogP contribution >= 0.6 is 0 Å². The van der Waals surface area contributed by atoms with Crippen LogP contribution in [-0.2, 0) is 9.47 Å². The molecule has 0 amide bonds. The van der Waals surface area contributed by atoms with E-state index < -0.39 is 0 Å². The highest BCUT2D eigenvalue weighted by Gasteiger charge is 2.39. The van der Waals surface area contributed by atoms with Gasteiger partial charge in [0.2, 0.25) is 0 Å². The lowest BCUT2D eigenvalue weighted by Gasteiger charge is -2.15. The van der Waals surface area contributed by atoms with Gasteiger partial charge in [-0.3, -0.25) is 0 Å². The van der Waals surface area contributed by atoms with Crippen LogP contribution in [0.3, 0.4) is 0 Å². The summed E-state index contributed by atoms with van der Waals surface area (Å²) in [5.74, 6) is 0.747. The molecule has 1 rings (SSSR count). The molecule has 0 radical (unpaired) electrons. The first kappa shape index (κ1) is 12.0. The van der Waals surface area contributed by atoms with Crippen molar-refractivity contribution in [3.8, 4) is 0 Å². The third kappa shape index (κ3) is 4.43. The number of ether oxygens (including phenoxy) is 2. The third-order valence-electron chi connectivity index (χ3n) is 2.94. The predicted octanol–water partition coefficient (Wildman–Crippen LogP) is 3.01. The van der Waals surface area contributed by atoms with Crippen molar-refractivity contribution in [2.45, 2.75) is 52.1 Å². The second-order valence-corrected chi connectivity index (χ2v) is 4.67. The van der Waals surface area contributed by atoms with Gasteiger partial charge in [0.05, 0.1) is 13.2 Å². The fraction of sp³-hybridized carbons (Fsp3) is 1.00. The SMILES string of the molecule is CCCCC(CC)COCC1(C)CO1. The number of hydrogen-bond acceptors (Lipinski definition) is 2. The first-order valence-electron chi connectivity index (χ1n) is 5.92. The molecule has 0 bridgehead atoms. The standard InChI is InChI=1S/C12H24O2/c1-4-6-7-11(5-2)8-13-9-12(3)10-14-12/h11H,4-10H2,1-3H3. The summed E-state index contributed by atoms with van der Waals surface area (Å²) >= 11 is 0. The van der Waals surface area contributed by atoms with Crippen LogP contribution in [0.4, 0.5) is 0 Å². The van der Waals surface area contributed by atoms with Gasteiger partial charge in [0.25, 0.3) is 0 Å². The summed E-state index contributed by atoms with van der Waals surface area (Å²) in [4.78, 5) is 0. The maximum Gasteiger partial charge on any atom is 0.112 e. The maximum absolute atomic E-state index is 5.69. The van der Waals surface area contributed by atoms with Gasteiger partial charge in [0.15, 0.2) is 0 Å². The van der Waals surface area contributed by atoms with Gasteiger partial charge in [-0.1, -0.05) is 33.1 Å². The van der Waals surface area contributed by atoms with E-state index in [4.69, 9.17) is 9.47 Å². The van der Waals surface area contributed by atoms with Crippen molar-refractivity contribution in [3.63, 3.8) is 0 Å². The Morgan fingerprint density at radius 1 is 1.43 bits per heavy atom. The molecule has 2 nitrogen and oxygen atoms in total. The second-order valence-electron chi connectivity index (χ2n) is 4.67. The zero-order valence-electron chi connectivity index (χ0n) is 9.84. The van der Waals surface area contributed by atoms with Crippen LogP contribution in [0.15, 0.2) is 0 Å². The molecule has 1 aliphatic rings. The lowest BCUT2D eigenvalue weighted by molar-refractivity contribution is 0.0572. The molecular weight excluding hydrogens is 176 g/mol. The van der Waals surface area contributed by atoms with Gasteiger partial charge >= 0.3 is 0 Å². The molecule has 2 heteroatoms. The lowest BCUT2D eigenvalue weighted by Crippen LogP contribution is -2.18. The van der Waals surface area contributed by atoms with E-state index in [2.05, 4.69) is 20.8 Å². The van der Waals surface area contributed by atoms with Crippen LogP contribution < -0.4 is 0 Å². The van der Waals surface area contributed by atoms with Gasteiger partial charge in [-0.25, -0.2) is 0 Å². The molecule has 2 atom stereocenters. The van der Waals surface area contributed by atoms with Crippen molar-refractivity contribution in [1.82, 2.24) is 0 Å². The summed E-state index contributed by atoms with van der Waals surface area (Å²) in [7, 11) is 0. The Morgan fingerprint density at radius 3 is 2.64 bits per heavy atom. The molecular formula is C12H24O2. The van der Waals surface area contributed by atoms with Crippen molar-refractivity contribution in [2.75, 3.05) is 19.8 Å². The Kier molecular flexibility index (Phi) is 4.90. The van der Waals surface area contributed by atoms with Gasteiger partial charge < -0.3 is 9.47 Å². The molecule has 84 valence electrons. The average Bonchev–Trinajstić information content (AvgIpc) is 2.90. The third-order valence-corrected chi connectivity index (χ3v) is 2.94. The predicted molar refractivity (Wildman–Crippen MR) is 58.5 cm³/mol. The molecule has 1 aliphatic heterocycles. The van der Waals surface area contributed by atoms with E-state index in [9.17, 15) is 0 Å². The van der Waals surface area contributed by atoms with Gasteiger partial charge in [-0.05, 0) is 19.3 Å². The van der Waals surface area contributed by atoms with E-state index in [1.807, 2.05) is 0 Å². The summed E-state index contributed by atoms with van der Waals surface area (Å²) in [5.41, 5.74) is 0.0586. The molecule has 1 fully saturated rings.